The molecule has 4 nitrogen and oxygen atoms in total. The summed E-state index contributed by atoms with van der Waals surface area (Å²) in [6.07, 6.45) is 9.70. The van der Waals surface area contributed by atoms with E-state index < -0.39 is 0 Å². The predicted octanol–water partition coefficient (Wildman–Crippen LogP) is 6.92. The number of rotatable bonds is 5. The summed E-state index contributed by atoms with van der Waals surface area (Å²) in [5, 5.41) is 1.36. The van der Waals surface area contributed by atoms with Crippen molar-refractivity contribution in [1.82, 2.24) is 14.9 Å². The number of likely N-dealkylation sites (tertiary alicyclic amines) is 1. The number of nitrogens with zero attached hydrogens (tertiary/aromatic N) is 2. The van der Waals surface area contributed by atoms with Crippen molar-refractivity contribution in [3.05, 3.63) is 53.3 Å². The number of fused-ring (bicyclic) bond motifs is 1. The molecule has 0 bridgehead atoms. The maximum Gasteiger partial charge on any atom is 0.0501 e. The van der Waals surface area contributed by atoms with Gasteiger partial charge in [-0.05, 0) is 85.9 Å². The Morgan fingerprint density at radius 1 is 1.14 bits per heavy atom. The van der Waals surface area contributed by atoms with Crippen LogP contribution >= 0.6 is 0 Å². The number of nitrogens with one attached hydrogen (secondary N) is 1. The Morgan fingerprint density at radius 2 is 1.94 bits per heavy atom. The molecule has 1 aliphatic carbocycles. The topological polar surface area (TPSA) is 57.9 Å². The fourth-order valence-electron chi connectivity index (χ4n) is 7.05. The van der Waals surface area contributed by atoms with E-state index >= 15 is 0 Å². The van der Waals surface area contributed by atoms with Crippen molar-refractivity contribution in [1.29, 1.82) is 0 Å². The van der Waals surface area contributed by atoms with Gasteiger partial charge >= 0.3 is 0 Å². The van der Waals surface area contributed by atoms with E-state index in [0.29, 0.717) is 17.4 Å². The van der Waals surface area contributed by atoms with E-state index in [2.05, 4.69) is 79.8 Å². The number of aryl methyl sites for hydroxylation is 1. The van der Waals surface area contributed by atoms with Crippen LogP contribution in [-0.2, 0) is 5.41 Å². The van der Waals surface area contributed by atoms with Gasteiger partial charge in [-0.15, -0.1) is 0 Å². The third-order valence-electron chi connectivity index (χ3n) is 8.92. The monoisotopic (exact) mass is 472 g/mol. The quantitative estimate of drug-likeness (QED) is 0.423. The van der Waals surface area contributed by atoms with E-state index in [0.717, 1.165) is 12.2 Å². The van der Waals surface area contributed by atoms with Gasteiger partial charge in [0.05, 0.1) is 5.69 Å². The Balaban J connectivity index is 1.45. The van der Waals surface area contributed by atoms with Gasteiger partial charge in [0.2, 0.25) is 0 Å². The molecule has 1 aromatic carbocycles. The molecular weight excluding hydrogens is 428 g/mol. The average molecular weight is 473 g/mol. The van der Waals surface area contributed by atoms with E-state index in [9.17, 15) is 0 Å². The first-order chi connectivity index (χ1) is 16.7. The molecular formula is C31H44N4. The van der Waals surface area contributed by atoms with Gasteiger partial charge in [0.1, 0.15) is 0 Å². The highest BCUT2D eigenvalue weighted by Gasteiger charge is 2.42. The molecule has 0 radical (unpaired) electrons. The van der Waals surface area contributed by atoms with Crippen molar-refractivity contribution in [3.8, 4) is 11.3 Å². The molecule has 1 saturated heterocycles. The fraction of sp³-hybridized carbons (Fsp3) is 0.581. The van der Waals surface area contributed by atoms with Crippen LogP contribution in [0.25, 0.3) is 22.2 Å². The molecule has 1 spiro atoms. The summed E-state index contributed by atoms with van der Waals surface area (Å²) in [5.74, 6) is 0.431. The van der Waals surface area contributed by atoms with Crippen LogP contribution in [0.1, 0.15) is 89.0 Å². The number of aromatic nitrogens is 2. The van der Waals surface area contributed by atoms with Gasteiger partial charge in [-0.2, -0.15) is 0 Å². The molecule has 3 N–H and O–H groups in total. The Morgan fingerprint density at radius 3 is 2.69 bits per heavy atom. The van der Waals surface area contributed by atoms with Crippen molar-refractivity contribution in [2.24, 2.45) is 11.1 Å². The van der Waals surface area contributed by atoms with Crippen molar-refractivity contribution in [3.63, 3.8) is 0 Å². The molecule has 4 heteroatoms. The third-order valence-corrected chi connectivity index (χ3v) is 8.92. The number of piperidine rings is 1. The molecule has 1 aliphatic heterocycles. The molecule has 3 heterocycles. The Hall–Kier alpha value is -2.17. The largest absolute Gasteiger partial charge is 0.354 e. The zero-order valence-electron chi connectivity index (χ0n) is 22.5. The van der Waals surface area contributed by atoms with Gasteiger partial charge in [-0.25, -0.2) is 0 Å². The molecule has 3 aromatic rings. The molecule has 2 aromatic heterocycles. The molecule has 1 saturated carbocycles. The van der Waals surface area contributed by atoms with Crippen molar-refractivity contribution in [2.75, 3.05) is 19.6 Å². The first kappa shape index (κ1) is 24.5. The second kappa shape index (κ2) is 9.37. The molecule has 0 amide bonds. The molecule has 2 unspecified atom stereocenters. The summed E-state index contributed by atoms with van der Waals surface area (Å²) in [5.41, 5.74) is 14.7. The van der Waals surface area contributed by atoms with Gasteiger partial charge in [-0.1, -0.05) is 46.6 Å². The summed E-state index contributed by atoms with van der Waals surface area (Å²) in [4.78, 5) is 10.9. The molecule has 35 heavy (non-hydrogen) atoms. The summed E-state index contributed by atoms with van der Waals surface area (Å²) < 4.78 is 0. The number of hydrogen-bond donors (Lipinski definition) is 2. The van der Waals surface area contributed by atoms with Gasteiger partial charge in [-0.3, -0.25) is 4.98 Å². The van der Waals surface area contributed by atoms with E-state index in [1.165, 1.54) is 84.9 Å². The molecule has 2 atom stereocenters. The van der Waals surface area contributed by atoms with Crippen LogP contribution in [0.5, 0.6) is 0 Å². The van der Waals surface area contributed by atoms with Crippen LogP contribution in [0.3, 0.4) is 0 Å². The summed E-state index contributed by atoms with van der Waals surface area (Å²) >= 11 is 0. The van der Waals surface area contributed by atoms with Crippen LogP contribution in [-0.4, -0.2) is 40.5 Å². The second-order valence-electron chi connectivity index (χ2n) is 12.4. The van der Waals surface area contributed by atoms with Gasteiger partial charge in [0.15, 0.2) is 0 Å². The summed E-state index contributed by atoms with van der Waals surface area (Å²) in [6.45, 7) is 15.0. The van der Waals surface area contributed by atoms with Crippen molar-refractivity contribution >= 4 is 10.9 Å². The molecule has 5 rings (SSSR count). The number of hydrogen-bond acceptors (Lipinski definition) is 3. The van der Waals surface area contributed by atoms with Gasteiger partial charge in [0, 0.05) is 52.9 Å². The Kier molecular flexibility index (Phi) is 6.56. The zero-order valence-corrected chi connectivity index (χ0v) is 22.5. The standard InChI is InChI=1S/C31H44N4/c1-21(2)28-25-18-24(10-11-26(25)34-29(28)23-12-15-33-22(3)17-23)30(4,5)19-35-16-8-14-31(20-35)13-7-6-9-27(31)32/h10-12,15,17-18,21,27,34H,6-9,13-14,16,19-20,32H2,1-5H3. The van der Waals surface area contributed by atoms with Crippen molar-refractivity contribution < 1.29 is 0 Å². The lowest BCUT2D eigenvalue weighted by Gasteiger charge is -2.50. The SMILES string of the molecule is Cc1cc(-c2[nH]c3ccc(C(C)(C)CN4CCCC5(CCCCC5N)C4)cc3c2C(C)C)ccn1. The minimum Gasteiger partial charge on any atom is -0.354 e. The highest BCUT2D eigenvalue weighted by molar-refractivity contribution is 5.92. The maximum absolute atomic E-state index is 6.71. The predicted molar refractivity (Wildman–Crippen MR) is 148 cm³/mol. The van der Waals surface area contributed by atoms with Crippen LogP contribution in [0.2, 0.25) is 0 Å². The second-order valence-corrected chi connectivity index (χ2v) is 12.4. The lowest BCUT2D eigenvalue weighted by atomic mass is 9.66. The van der Waals surface area contributed by atoms with Crippen LogP contribution in [0, 0.1) is 12.3 Å². The molecule has 188 valence electrons. The number of nitrogens with two attached hydrogens (primary N) is 1. The van der Waals surface area contributed by atoms with Crippen LogP contribution in [0.4, 0.5) is 0 Å². The number of benzene rings is 1. The molecule has 2 aliphatic rings. The first-order valence-corrected chi connectivity index (χ1v) is 13.8. The smallest absolute Gasteiger partial charge is 0.0501 e. The number of H-pyrrole nitrogens is 1. The van der Waals surface area contributed by atoms with E-state index in [-0.39, 0.29) is 5.41 Å². The Bertz CT molecular complexity index is 1190. The van der Waals surface area contributed by atoms with Gasteiger partial charge < -0.3 is 15.6 Å². The first-order valence-electron chi connectivity index (χ1n) is 13.8. The highest BCUT2D eigenvalue weighted by Crippen LogP contribution is 2.44. The third kappa shape index (κ3) is 4.68. The highest BCUT2D eigenvalue weighted by atomic mass is 15.2. The lowest BCUT2D eigenvalue weighted by Crippen LogP contribution is -2.55. The van der Waals surface area contributed by atoms with Crippen LogP contribution < -0.4 is 5.73 Å². The van der Waals surface area contributed by atoms with Crippen molar-refractivity contribution in [2.45, 2.75) is 90.5 Å². The van der Waals surface area contributed by atoms with Crippen LogP contribution in [0.15, 0.2) is 36.5 Å². The minimum absolute atomic E-state index is 0.0738. The zero-order chi connectivity index (χ0) is 24.8. The van der Waals surface area contributed by atoms with E-state index in [4.69, 9.17) is 5.73 Å². The van der Waals surface area contributed by atoms with E-state index in [1.54, 1.807) is 0 Å². The normalized spacial score (nSPS) is 24.0. The van der Waals surface area contributed by atoms with E-state index in [1.807, 2.05) is 6.20 Å². The van der Waals surface area contributed by atoms with Gasteiger partial charge in [0.25, 0.3) is 0 Å². The average Bonchev–Trinajstić information content (AvgIpc) is 3.20. The summed E-state index contributed by atoms with van der Waals surface area (Å²) in [7, 11) is 0. The lowest BCUT2D eigenvalue weighted by molar-refractivity contribution is 0.0274. The maximum atomic E-state index is 6.71. The fourth-order valence-corrected chi connectivity index (χ4v) is 7.05. The number of aromatic amines is 1. The molecule has 2 fully saturated rings. The Labute approximate surface area is 211 Å². The minimum atomic E-state index is 0.0738. The summed E-state index contributed by atoms with van der Waals surface area (Å²) in [6, 6.07) is 11.8. The number of pyridine rings is 1.